The van der Waals surface area contributed by atoms with E-state index in [4.69, 9.17) is 78.0 Å². The van der Waals surface area contributed by atoms with Crippen LogP contribution in [0.3, 0.4) is 0 Å². The third kappa shape index (κ3) is 1.77. The van der Waals surface area contributed by atoms with Crippen molar-refractivity contribution in [2.24, 2.45) is 11.8 Å². The first-order chi connectivity index (χ1) is 8.69. The molecule has 0 amide bonds. The maximum absolute atomic E-state index is 11.3. The maximum atomic E-state index is 11.3. The predicted octanol–water partition coefficient (Wildman–Crippen LogP) is 3.85. The minimum atomic E-state index is -1.86. The molecule has 0 spiro atoms. The topological polar surface area (TPSA) is 70.5 Å². The van der Waals surface area contributed by atoms with Gasteiger partial charge in [0.05, 0.1) is 23.3 Å². The summed E-state index contributed by atoms with van der Waals surface area (Å²) in [6.45, 7) is 0.0215. The number of hydrogen-bond acceptors (Lipinski definition) is 4. The van der Waals surface area contributed by atoms with E-state index in [9.17, 15) is 4.21 Å². The summed E-state index contributed by atoms with van der Waals surface area (Å²) in [6, 6.07) is 0. The van der Waals surface area contributed by atoms with Crippen LogP contribution in [-0.2, 0) is 19.7 Å². The minimum absolute atomic E-state index is 0. The predicted molar refractivity (Wildman–Crippen MR) is 82.4 cm³/mol. The highest BCUT2D eigenvalue weighted by atomic mass is 35.5. The van der Waals surface area contributed by atoms with Crippen molar-refractivity contribution >= 4 is 81.0 Å². The minimum Gasteiger partial charge on any atom is -0.344 e. The summed E-state index contributed by atoms with van der Waals surface area (Å²) >= 11 is 36.4. The van der Waals surface area contributed by atoms with E-state index in [1.165, 1.54) is 0 Å². The van der Waals surface area contributed by atoms with Gasteiger partial charge in [-0.25, -0.2) is 0 Å². The molecule has 4 nitrogen and oxygen atoms in total. The number of halogens is 6. The lowest BCUT2D eigenvalue weighted by Crippen LogP contribution is -2.45. The van der Waals surface area contributed by atoms with Gasteiger partial charge in [0.1, 0.15) is 9.75 Å². The summed E-state index contributed by atoms with van der Waals surface area (Å²) in [6.07, 6.45) is 0. The van der Waals surface area contributed by atoms with Crippen LogP contribution in [0, 0.1) is 11.8 Å². The molecule has 4 unspecified atom stereocenters. The molecule has 1 heterocycles. The van der Waals surface area contributed by atoms with Crippen molar-refractivity contribution in [2.45, 2.75) is 14.1 Å². The van der Waals surface area contributed by atoms with Crippen molar-refractivity contribution in [2.75, 3.05) is 13.2 Å². The fraction of sp³-hybridized carbons (Fsp3) is 0.778. The van der Waals surface area contributed by atoms with Gasteiger partial charge in [0.2, 0.25) is 0 Å². The van der Waals surface area contributed by atoms with E-state index < -0.39 is 37.3 Å². The van der Waals surface area contributed by atoms with E-state index >= 15 is 0 Å². The summed E-state index contributed by atoms with van der Waals surface area (Å²) in [5.74, 6) is -0.911. The van der Waals surface area contributed by atoms with Gasteiger partial charge in [0.25, 0.3) is 0 Å². The zero-order valence-electron chi connectivity index (χ0n) is 9.68. The Bertz CT molecular complexity index is 476. The fourth-order valence-electron chi connectivity index (χ4n) is 2.96. The normalized spacial score (nSPS) is 49.6. The van der Waals surface area contributed by atoms with Gasteiger partial charge < -0.3 is 6.15 Å². The van der Waals surface area contributed by atoms with Crippen LogP contribution in [0.25, 0.3) is 0 Å². The third-order valence-corrected chi connectivity index (χ3v) is 8.95. The average molecular weight is 424 g/mol. The summed E-state index contributed by atoms with van der Waals surface area (Å²) in [4.78, 5) is -2.78. The molecule has 0 aromatic rings. The van der Waals surface area contributed by atoms with Crippen molar-refractivity contribution in [1.29, 1.82) is 0 Å². The number of rotatable bonds is 0. The molecule has 4 atom stereocenters. The van der Waals surface area contributed by atoms with Gasteiger partial charge >= 0.3 is 11.4 Å². The molecular weight excluding hydrogens is 415 g/mol. The van der Waals surface area contributed by atoms with Crippen LogP contribution >= 0.6 is 69.6 Å². The lowest BCUT2D eigenvalue weighted by atomic mass is 9.83. The van der Waals surface area contributed by atoms with E-state index in [-0.39, 0.29) is 29.4 Å². The lowest BCUT2D eigenvalue weighted by molar-refractivity contribution is 0.207. The largest absolute Gasteiger partial charge is 0.344 e. The van der Waals surface area contributed by atoms with Gasteiger partial charge in [0.15, 0.2) is 4.33 Å². The highest BCUT2D eigenvalue weighted by Crippen LogP contribution is 2.76. The Balaban J connectivity index is 0.00000147. The highest BCUT2D eigenvalue weighted by molar-refractivity contribution is 7.75. The Morgan fingerprint density at radius 1 is 0.950 bits per heavy atom. The number of hydrogen-bond donors (Lipinski definition) is 1. The molecule has 20 heavy (non-hydrogen) atoms. The van der Waals surface area contributed by atoms with Crippen LogP contribution < -0.4 is 6.15 Å². The van der Waals surface area contributed by atoms with Gasteiger partial charge in [-0.05, 0) is 0 Å². The first-order valence-corrected chi connectivity index (χ1v) is 8.46. The zero-order valence-corrected chi connectivity index (χ0v) is 15.0. The first-order valence-electron chi connectivity index (χ1n) is 5.19. The average Bonchev–Trinajstić information content (AvgIpc) is 2.54. The van der Waals surface area contributed by atoms with Gasteiger partial charge in [-0.2, -0.15) is 4.21 Å². The Labute approximate surface area is 148 Å². The van der Waals surface area contributed by atoms with E-state index in [2.05, 4.69) is 0 Å². The van der Waals surface area contributed by atoms with Crippen molar-refractivity contribution in [3.05, 3.63) is 10.1 Å². The molecule has 2 bridgehead atoms. The molecule has 1 saturated carbocycles. The second-order valence-corrected chi connectivity index (χ2v) is 8.77. The van der Waals surface area contributed by atoms with Crippen LogP contribution in [0.4, 0.5) is 0 Å². The van der Waals surface area contributed by atoms with Gasteiger partial charge in [-0.3, -0.25) is 8.37 Å². The highest BCUT2D eigenvalue weighted by Gasteiger charge is 2.82. The Hall–Kier alpha value is 1.51. The van der Waals surface area contributed by atoms with Crippen LogP contribution in [0.2, 0.25) is 0 Å². The number of alkyl halides is 4. The molecule has 116 valence electrons. The summed E-state index contributed by atoms with van der Waals surface area (Å²) in [5, 5.41) is 0.210. The molecule has 3 rings (SSSR count). The van der Waals surface area contributed by atoms with E-state index in [0.29, 0.717) is 0 Å². The van der Waals surface area contributed by atoms with E-state index in [0.717, 1.165) is 0 Å². The van der Waals surface area contributed by atoms with Crippen molar-refractivity contribution in [3.63, 3.8) is 0 Å². The molecule has 2 aliphatic carbocycles. The second-order valence-electron chi connectivity index (χ2n) is 4.61. The summed E-state index contributed by atoms with van der Waals surface area (Å²) < 4.78 is 19.7. The molecule has 1 saturated heterocycles. The Kier molecular flexibility index (Phi) is 4.70. The molecule has 2 fully saturated rings. The van der Waals surface area contributed by atoms with Crippen LogP contribution in [0.1, 0.15) is 0 Å². The quantitative estimate of drug-likeness (QED) is 0.601. The lowest BCUT2D eigenvalue weighted by Gasteiger charge is -2.33. The molecular formula is C9H9Cl6NO3S. The Morgan fingerprint density at radius 2 is 1.30 bits per heavy atom. The van der Waals surface area contributed by atoms with Crippen molar-refractivity contribution in [3.8, 4) is 0 Å². The van der Waals surface area contributed by atoms with E-state index in [1.807, 2.05) is 0 Å². The summed E-state index contributed by atoms with van der Waals surface area (Å²) in [5.41, 5.74) is 0. The smallest absolute Gasteiger partial charge is 0.304 e. The van der Waals surface area contributed by atoms with Gasteiger partial charge in [-0.1, -0.05) is 46.4 Å². The second kappa shape index (κ2) is 5.26. The molecule has 11 heteroatoms. The van der Waals surface area contributed by atoms with Crippen molar-refractivity contribution in [1.82, 2.24) is 6.15 Å². The van der Waals surface area contributed by atoms with Gasteiger partial charge in [0, 0.05) is 11.8 Å². The Morgan fingerprint density at radius 3 is 1.65 bits per heavy atom. The summed E-state index contributed by atoms with van der Waals surface area (Å²) in [7, 11) is 0. The molecule has 3 N–H and O–H groups in total. The monoisotopic (exact) mass is 421 g/mol. The van der Waals surface area contributed by atoms with Crippen LogP contribution in [-0.4, -0.2) is 31.5 Å². The van der Waals surface area contributed by atoms with Crippen LogP contribution in [0.15, 0.2) is 10.1 Å². The fourth-order valence-corrected chi connectivity index (χ4v) is 6.60. The SMILES string of the molecule is N.O=S1OCC2C(CO1)C1(Cl)C(Cl)=C(Cl)C2(Cl)C1(Cl)Cl. The van der Waals surface area contributed by atoms with Crippen molar-refractivity contribution < 1.29 is 12.6 Å². The third-order valence-electron chi connectivity index (χ3n) is 3.94. The van der Waals surface area contributed by atoms with E-state index in [1.54, 1.807) is 0 Å². The number of fused-ring (bicyclic) bond motifs is 5. The maximum Gasteiger partial charge on any atom is 0.304 e. The van der Waals surface area contributed by atoms with Crippen LogP contribution in [0.5, 0.6) is 0 Å². The standard InChI is InChI=1S/C9H6Cl6O3S.H3N/c10-5-6(11)8(13)4-2-18-19(16)17-1-3(4)7(5,12)9(8,14)15;/h3-4H,1-2H2;1H3. The molecule has 1 aliphatic heterocycles. The molecule has 0 radical (unpaired) electrons. The number of allylic oxidation sites excluding steroid dienone is 2. The van der Waals surface area contributed by atoms with Gasteiger partial charge in [-0.15, -0.1) is 23.2 Å². The first kappa shape index (κ1) is 17.9. The molecule has 3 aliphatic rings. The molecule has 0 aromatic carbocycles. The zero-order chi connectivity index (χ0) is 14.2. The molecule has 0 aromatic heterocycles.